The second kappa shape index (κ2) is 6.53. The van der Waals surface area contributed by atoms with Crippen molar-refractivity contribution in [3.8, 4) is 0 Å². The number of benzene rings is 1. The molecule has 2 rings (SSSR count). The lowest BCUT2D eigenvalue weighted by atomic mass is 10.0. The molecule has 1 heterocycles. The molecule has 1 aliphatic heterocycles. The molecule has 9 heteroatoms. The zero-order valence-electron chi connectivity index (χ0n) is 13.9. The molecule has 0 bridgehead atoms. The maximum atomic E-state index is 13.1. The van der Waals surface area contributed by atoms with Crippen molar-refractivity contribution in [2.45, 2.75) is 38.6 Å². The minimum absolute atomic E-state index is 0.128. The number of nitrogens with one attached hydrogen (secondary N) is 1. The molecule has 1 aliphatic rings. The Balaban J connectivity index is 1.98. The first-order valence-corrected chi connectivity index (χ1v) is 7.52. The number of nitrogens with zero attached hydrogens (tertiary/aromatic N) is 1. The minimum atomic E-state index is -4.85. The van der Waals surface area contributed by atoms with E-state index in [-0.39, 0.29) is 19.2 Å². The van der Waals surface area contributed by atoms with Crippen molar-refractivity contribution < 1.29 is 31.9 Å². The fourth-order valence-electron chi connectivity index (χ4n) is 2.26. The lowest BCUT2D eigenvalue weighted by Gasteiger charge is -2.40. The van der Waals surface area contributed by atoms with Gasteiger partial charge >= 0.3 is 12.3 Å². The molecule has 0 aromatic heterocycles. The molecule has 0 atom stereocenters. The SMILES string of the molecule is CC(C)(C)OC(=O)N1CC(NC(=O)c2ccc(F)cc2C(F)(F)F)C1. The Kier molecular flexibility index (Phi) is 4.97. The van der Waals surface area contributed by atoms with E-state index in [9.17, 15) is 27.2 Å². The first-order chi connectivity index (χ1) is 11.4. The summed E-state index contributed by atoms with van der Waals surface area (Å²) in [5.74, 6) is -2.05. The van der Waals surface area contributed by atoms with Crippen molar-refractivity contribution in [1.82, 2.24) is 10.2 Å². The molecule has 2 amide bonds. The van der Waals surface area contributed by atoms with Gasteiger partial charge in [-0.3, -0.25) is 4.79 Å². The summed E-state index contributed by atoms with van der Waals surface area (Å²) in [6.07, 6.45) is -5.41. The Bertz CT molecular complexity index is 677. The van der Waals surface area contributed by atoms with Gasteiger partial charge in [-0.2, -0.15) is 13.2 Å². The van der Waals surface area contributed by atoms with E-state index in [4.69, 9.17) is 4.74 Å². The predicted molar refractivity (Wildman–Crippen MR) is 80.5 cm³/mol. The number of likely N-dealkylation sites (tertiary alicyclic amines) is 1. The average Bonchev–Trinajstić information content (AvgIpc) is 2.38. The van der Waals surface area contributed by atoms with E-state index < -0.39 is 46.8 Å². The topological polar surface area (TPSA) is 58.6 Å². The van der Waals surface area contributed by atoms with Crippen LogP contribution >= 0.6 is 0 Å². The first kappa shape index (κ1) is 19.0. The first-order valence-electron chi connectivity index (χ1n) is 7.52. The monoisotopic (exact) mass is 362 g/mol. The molecule has 0 radical (unpaired) electrons. The lowest BCUT2D eigenvalue weighted by Crippen LogP contribution is -2.61. The summed E-state index contributed by atoms with van der Waals surface area (Å²) in [4.78, 5) is 25.2. The highest BCUT2D eigenvalue weighted by Crippen LogP contribution is 2.32. The largest absolute Gasteiger partial charge is 0.444 e. The van der Waals surface area contributed by atoms with Gasteiger partial charge in [0.05, 0.1) is 17.2 Å². The van der Waals surface area contributed by atoms with Gasteiger partial charge in [0.25, 0.3) is 5.91 Å². The molecule has 0 saturated carbocycles. The number of rotatable bonds is 2. The Hall–Kier alpha value is -2.32. The third-order valence-electron chi connectivity index (χ3n) is 3.40. The highest BCUT2D eigenvalue weighted by atomic mass is 19.4. The molecule has 0 spiro atoms. The Morgan fingerprint density at radius 3 is 2.32 bits per heavy atom. The summed E-state index contributed by atoms with van der Waals surface area (Å²) in [5.41, 5.74) is -2.67. The maximum absolute atomic E-state index is 13.1. The van der Waals surface area contributed by atoms with Gasteiger partial charge in [0.1, 0.15) is 11.4 Å². The molecule has 1 saturated heterocycles. The van der Waals surface area contributed by atoms with Crippen LogP contribution in [0.1, 0.15) is 36.7 Å². The van der Waals surface area contributed by atoms with Crippen LogP contribution in [0.3, 0.4) is 0 Å². The number of hydrogen-bond acceptors (Lipinski definition) is 3. The number of hydrogen-bond donors (Lipinski definition) is 1. The number of carbonyl (C=O) groups is 2. The molecule has 1 N–H and O–H groups in total. The van der Waals surface area contributed by atoms with Gasteiger partial charge in [-0.15, -0.1) is 0 Å². The maximum Gasteiger partial charge on any atom is 0.417 e. The van der Waals surface area contributed by atoms with Crippen LogP contribution < -0.4 is 5.32 Å². The van der Waals surface area contributed by atoms with Crippen molar-refractivity contribution in [3.05, 3.63) is 35.1 Å². The Morgan fingerprint density at radius 1 is 1.20 bits per heavy atom. The zero-order chi connectivity index (χ0) is 19.0. The highest BCUT2D eigenvalue weighted by molar-refractivity contribution is 5.96. The van der Waals surface area contributed by atoms with Gasteiger partial charge < -0.3 is 15.0 Å². The third-order valence-corrected chi connectivity index (χ3v) is 3.40. The van der Waals surface area contributed by atoms with Crippen molar-refractivity contribution in [3.63, 3.8) is 0 Å². The van der Waals surface area contributed by atoms with Crippen molar-refractivity contribution >= 4 is 12.0 Å². The van der Waals surface area contributed by atoms with Crippen LogP contribution in [0.25, 0.3) is 0 Å². The number of alkyl halides is 3. The van der Waals surface area contributed by atoms with E-state index in [0.717, 1.165) is 12.1 Å². The summed E-state index contributed by atoms with van der Waals surface area (Å²) in [5, 5.41) is 2.40. The van der Waals surface area contributed by atoms with Crippen molar-refractivity contribution in [2.75, 3.05) is 13.1 Å². The van der Waals surface area contributed by atoms with Gasteiger partial charge in [-0.05, 0) is 39.0 Å². The summed E-state index contributed by atoms with van der Waals surface area (Å²) >= 11 is 0. The van der Waals surface area contributed by atoms with Crippen LogP contribution in [0.4, 0.5) is 22.4 Å². The van der Waals surface area contributed by atoms with Crippen molar-refractivity contribution in [2.24, 2.45) is 0 Å². The van der Waals surface area contributed by atoms with Crippen LogP contribution in [-0.2, 0) is 10.9 Å². The second-order valence-electron chi connectivity index (χ2n) is 6.74. The number of ether oxygens (including phenoxy) is 1. The number of halogens is 4. The molecule has 5 nitrogen and oxygen atoms in total. The minimum Gasteiger partial charge on any atom is -0.444 e. The quantitative estimate of drug-likeness (QED) is 0.822. The van der Waals surface area contributed by atoms with Gasteiger partial charge in [0.15, 0.2) is 0 Å². The summed E-state index contributed by atoms with van der Waals surface area (Å²) in [7, 11) is 0. The molecule has 0 aliphatic carbocycles. The standard InChI is InChI=1S/C16H18F4N2O3/c1-15(2,3)25-14(24)22-7-10(8-22)21-13(23)11-5-4-9(17)6-12(11)16(18,19)20/h4-6,10H,7-8H2,1-3H3,(H,21,23). The van der Waals surface area contributed by atoms with E-state index in [2.05, 4.69) is 5.32 Å². The van der Waals surface area contributed by atoms with Crippen LogP contribution in [0.2, 0.25) is 0 Å². The molecule has 25 heavy (non-hydrogen) atoms. The average molecular weight is 362 g/mol. The number of carbonyl (C=O) groups excluding carboxylic acids is 2. The molecular weight excluding hydrogens is 344 g/mol. The molecule has 138 valence electrons. The summed E-state index contributed by atoms with van der Waals surface area (Å²) in [6, 6.07) is 1.37. The zero-order valence-corrected chi connectivity index (χ0v) is 13.9. The normalized spacial score (nSPS) is 15.6. The van der Waals surface area contributed by atoms with Crippen LogP contribution in [-0.4, -0.2) is 41.6 Å². The molecule has 1 fully saturated rings. The smallest absolute Gasteiger partial charge is 0.417 e. The van der Waals surface area contributed by atoms with E-state index in [0.29, 0.717) is 0 Å². The van der Waals surface area contributed by atoms with E-state index in [1.807, 2.05) is 0 Å². The Labute approximate surface area is 141 Å². The van der Waals surface area contributed by atoms with Crippen LogP contribution in [0.5, 0.6) is 0 Å². The van der Waals surface area contributed by atoms with E-state index >= 15 is 0 Å². The number of amides is 2. The van der Waals surface area contributed by atoms with Crippen LogP contribution in [0.15, 0.2) is 18.2 Å². The predicted octanol–water partition coefficient (Wildman–Crippen LogP) is 3.19. The van der Waals surface area contributed by atoms with Gasteiger partial charge in [-0.1, -0.05) is 0 Å². The fraction of sp³-hybridized carbons (Fsp3) is 0.500. The highest BCUT2D eigenvalue weighted by Gasteiger charge is 2.38. The van der Waals surface area contributed by atoms with E-state index in [1.54, 1.807) is 20.8 Å². The second-order valence-corrected chi connectivity index (χ2v) is 6.74. The third kappa shape index (κ3) is 4.83. The Morgan fingerprint density at radius 2 is 1.80 bits per heavy atom. The van der Waals surface area contributed by atoms with Gasteiger partial charge in [0, 0.05) is 13.1 Å². The molecular formula is C16H18F4N2O3. The fourth-order valence-corrected chi connectivity index (χ4v) is 2.26. The summed E-state index contributed by atoms with van der Waals surface area (Å²) < 4.78 is 57.0. The molecule has 1 aromatic carbocycles. The molecule has 0 unspecified atom stereocenters. The summed E-state index contributed by atoms with van der Waals surface area (Å²) in [6.45, 7) is 5.37. The van der Waals surface area contributed by atoms with Gasteiger partial charge in [0.2, 0.25) is 0 Å². The lowest BCUT2D eigenvalue weighted by molar-refractivity contribution is -0.138. The van der Waals surface area contributed by atoms with Crippen LogP contribution in [0, 0.1) is 5.82 Å². The van der Waals surface area contributed by atoms with E-state index in [1.165, 1.54) is 4.90 Å². The molecule has 1 aromatic rings. The van der Waals surface area contributed by atoms with Gasteiger partial charge in [-0.25, -0.2) is 9.18 Å². The van der Waals surface area contributed by atoms with Crippen molar-refractivity contribution in [1.29, 1.82) is 0 Å².